The molecule has 4 heteroatoms. The van der Waals surface area contributed by atoms with Crippen molar-refractivity contribution >= 4 is 12.4 Å². The van der Waals surface area contributed by atoms with E-state index >= 15 is 0 Å². The number of carboxylic acids is 1. The van der Waals surface area contributed by atoms with Gasteiger partial charge in [-0.05, 0) is 31.6 Å². The zero-order chi connectivity index (χ0) is 12.2. The molecule has 1 amide bonds. The highest BCUT2D eigenvalue weighted by molar-refractivity contribution is 5.81. The van der Waals surface area contributed by atoms with Crippen LogP contribution in [0, 0.1) is 5.92 Å². The molecule has 16 heavy (non-hydrogen) atoms. The lowest BCUT2D eigenvalue weighted by atomic mass is 9.74. The minimum absolute atomic E-state index is 0.586. The van der Waals surface area contributed by atoms with E-state index in [1.807, 2.05) is 0 Å². The van der Waals surface area contributed by atoms with Crippen molar-refractivity contribution in [2.45, 2.75) is 51.0 Å². The van der Waals surface area contributed by atoms with Gasteiger partial charge in [-0.2, -0.15) is 0 Å². The topological polar surface area (TPSA) is 57.6 Å². The largest absolute Gasteiger partial charge is 0.479 e. The number of amides is 1. The molecule has 0 aromatic rings. The minimum Gasteiger partial charge on any atom is -0.479 e. The lowest BCUT2D eigenvalue weighted by Gasteiger charge is -2.41. The first-order valence-electron chi connectivity index (χ1n) is 5.98. The van der Waals surface area contributed by atoms with E-state index in [9.17, 15) is 14.7 Å². The predicted octanol–water partition coefficient (Wildman–Crippen LogP) is 1.89. The Labute approximate surface area is 96.6 Å². The zero-order valence-corrected chi connectivity index (χ0v) is 10.1. The van der Waals surface area contributed by atoms with Gasteiger partial charge in [-0.25, -0.2) is 4.79 Å². The summed E-state index contributed by atoms with van der Waals surface area (Å²) in [6, 6.07) is 0. The number of rotatable bonds is 5. The van der Waals surface area contributed by atoms with Crippen LogP contribution in [0.4, 0.5) is 0 Å². The SMILES string of the molecule is CCCC1CCC(C(=O)O)(N(C)C=O)CC1. The lowest BCUT2D eigenvalue weighted by molar-refractivity contribution is -0.157. The third kappa shape index (κ3) is 2.36. The van der Waals surface area contributed by atoms with Crippen LogP contribution >= 0.6 is 0 Å². The molecule has 0 bridgehead atoms. The number of carbonyl (C=O) groups excluding carboxylic acids is 1. The van der Waals surface area contributed by atoms with Gasteiger partial charge >= 0.3 is 5.97 Å². The van der Waals surface area contributed by atoms with Crippen molar-refractivity contribution in [3.05, 3.63) is 0 Å². The average molecular weight is 227 g/mol. The zero-order valence-electron chi connectivity index (χ0n) is 10.1. The number of hydrogen-bond donors (Lipinski definition) is 1. The summed E-state index contributed by atoms with van der Waals surface area (Å²) in [5.74, 6) is -0.227. The van der Waals surface area contributed by atoms with Gasteiger partial charge in [0.1, 0.15) is 5.54 Å². The fourth-order valence-corrected chi connectivity index (χ4v) is 2.67. The second kappa shape index (κ2) is 5.32. The van der Waals surface area contributed by atoms with Gasteiger partial charge in [0, 0.05) is 7.05 Å². The molecule has 1 N–H and O–H groups in total. The highest BCUT2D eigenvalue weighted by Gasteiger charge is 2.44. The Balaban J connectivity index is 2.70. The van der Waals surface area contributed by atoms with E-state index in [4.69, 9.17) is 0 Å². The van der Waals surface area contributed by atoms with Gasteiger partial charge in [-0.3, -0.25) is 4.79 Å². The maximum absolute atomic E-state index is 11.3. The first-order chi connectivity index (χ1) is 7.56. The van der Waals surface area contributed by atoms with Gasteiger partial charge in [0.05, 0.1) is 0 Å². The van der Waals surface area contributed by atoms with Crippen molar-refractivity contribution in [1.82, 2.24) is 4.90 Å². The summed E-state index contributed by atoms with van der Waals surface area (Å²) in [6.07, 6.45) is 5.95. The normalized spacial score (nSPS) is 29.8. The summed E-state index contributed by atoms with van der Waals surface area (Å²) in [4.78, 5) is 23.5. The molecule has 0 unspecified atom stereocenters. The molecule has 1 aliphatic carbocycles. The second-order valence-electron chi connectivity index (χ2n) is 4.79. The standard InChI is InChI=1S/C12H21NO3/c1-3-4-10-5-7-12(8-6-10,11(15)16)13(2)9-14/h9-10H,3-8H2,1-2H3,(H,15,16). The Morgan fingerprint density at radius 3 is 2.44 bits per heavy atom. The van der Waals surface area contributed by atoms with Crippen LogP contribution in [-0.4, -0.2) is 35.0 Å². The van der Waals surface area contributed by atoms with Crippen molar-refractivity contribution in [3.8, 4) is 0 Å². The molecule has 0 aromatic carbocycles. The summed E-state index contributed by atoms with van der Waals surface area (Å²) >= 11 is 0. The Hall–Kier alpha value is -1.06. The van der Waals surface area contributed by atoms with Gasteiger partial charge in [-0.1, -0.05) is 19.8 Å². The molecule has 0 aromatic heterocycles. The molecule has 1 saturated carbocycles. The molecule has 0 atom stereocenters. The van der Waals surface area contributed by atoms with Gasteiger partial charge < -0.3 is 10.0 Å². The van der Waals surface area contributed by atoms with E-state index in [2.05, 4.69) is 6.92 Å². The van der Waals surface area contributed by atoms with Gasteiger partial charge in [0.15, 0.2) is 0 Å². The van der Waals surface area contributed by atoms with Gasteiger partial charge in [0.2, 0.25) is 6.41 Å². The van der Waals surface area contributed by atoms with E-state index in [1.54, 1.807) is 7.05 Å². The van der Waals surface area contributed by atoms with Crippen LogP contribution in [0.25, 0.3) is 0 Å². The first-order valence-corrected chi connectivity index (χ1v) is 5.98. The molecule has 1 rings (SSSR count). The quantitative estimate of drug-likeness (QED) is 0.730. The highest BCUT2D eigenvalue weighted by atomic mass is 16.4. The Morgan fingerprint density at radius 2 is 2.06 bits per heavy atom. The Bertz CT molecular complexity index is 257. The molecular formula is C12H21NO3. The van der Waals surface area contributed by atoms with Crippen molar-refractivity contribution < 1.29 is 14.7 Å². The summed E-state index contributed by atoms with van der Waals surface area (Å²) < 4.78 is 0. The Kier molecular flexibility index (Phi) is 4.33. The molecule has 0 radical (unpaired) electrons. The average Bonchev–Trinajstić information content (AvgIpc) is 2.29. The van der Waals surface area contributed by atoms with Crippen LogP contribution < -0.4 is 0 Å². The fraction of sp³-hybridized carbons (Fsp3) is 0.833. The molecule has 0 spiro atoms. The van der Waals surface area contributed by atoms with Gasteiger partial charge in [0.25, 0.3) is 0 Å². The Morgan fingerprint density at radius 1 is 1.50 bits per heavy atom. The summed E-state index contributed by atoms with van der Waals surface area (Å²) in [7, 11) is 1.57. The smallest absolute Gasteiger partial charge is 0.329 e. The number of carbonyl (C=O) groups is 2. The van der Waals surface area contributed by atoms with E-state index in [1.165, 1.54) is 11.3 Å². The third-order valence-electron chi connectivity index (χ3n) is 3.86. The van der Waals surface area contributed by atoms with Crippen LogP contribution in [0.5, 0.6) is 0 Å². The third-order valence-corrected chi connectivity index (χ3v) is 3.86. The monoisotopic (exact) mass is 227 g/mol. The van der Waals surface area contributed by atoms with Gasteiger partial charge in [-0.15, -0.1) is 0 Å². The van der Waals surface area contributed by atoms with E-state index in [-0.39, 0.29) is 0 Å². The summed E-state index contributed by atoms with van der Waals surface area (Å²) in [6.45, 7) is 2.15. The van der Waals surface area contributed by atoms with Crippen LogP contribution in [0.2, 0.25) is 0 Å². The van der Waals surface area contributed by atoms with Crippen LogP contribution in [0.3, 0.4) is 0 Å². The molecule has 92 valence electrons. The number of likely N-dealkylation sites (N-methyl/N-ethyl adjacent to an activating group) is 1. The van der Waals surface area contributed by atoms with E-state index < -0.39 is 11.5 Å². The molecule has 0 saturated heterocycles. The number of carboxylic acid groups (broad SMARTS) is 1. The molecule has 1 aliphatic rings. The maximum atomic E-state index is 11.3. The molecular weight excluding hydrogens is 206 g/mol. The summed E-state index contributed by atoms with van der Waals surface area (Å²) in [5, 5.41) is 9.31. The summed E-state index contributed by atoms with van der Waals surface area (Å²) in [5.41, 5.74) is -0.952. The first kappa shape index (κ1) is 13.0. The van der Waals surface area contributed by atoms with E-state index in [0.717, 1.165) is 19.3 Å². The number of hydrogen-bond acceptors (Lipinski definition) is 2. The highest BCUT2D eigenvalue weighted by Crippen LogP contribution is 2.37. The second-order valence-corrected chi connectivity index (χ2v) is 4.79. The van der Waals surface area contributed by atoms with Crippen LogP contribution in [-0.2, 0) is 9.59 Å². The number of aliphatic carboxylic acids is 1. The van der Waals surface area contributed by atoms with Crippen molar-refractivity contribution in [2.24, 2.45) is 5.92 Å². The van der Waals surface area contributed by atoms with E-state index in [0.29, 0.717) is 25.2 Å². The predicted molar refractivity (Wildman–Crippen MR) is 61.1 cm³/mol. The maximum Gasteiger partial charge on any atom is 0.329 e. The van der Waals surface area contributed by atoms with Crippen molar-refractivity contribution in [3.63, 3.8) is 0 Å². The van der Waals surface area contributed by atoms with Crippen molar-refractivity contribution in [1.29, 1.82) is 0 Å². The lowest BCUT2D eigenvalue weighted by Crippen LogP contribution is -2.54. The molecule has 1 fully saturated rings. The van der Waals surface area contributed by atoms with Crippen LogP contribution in [0.1, 0.15) is 45.4 Å². The number of nitrogens with zero attached hydrogens (tertiary/aromatic N) is 1. The molecule has 4 nitrogen and oxygen atoms in total. The minimum atomic E-state index is -0.952. The molecule has 0 aliphatic heterocycles. The van der Waals surface area contributed by atoms with Crippen LogP contribution in [0.15, 0.2) is 0 Å². The van der Waals surface area contributed by atoms with Crippen molar-refractivity contribution in [2.75, 3.05) is 7.05 Å². The fourth-order valence-electron chi connectivity index (χ4n) is 2.67. The molecule has 0 heterocycles.